The lowest BCUT2D eigenvalue weighted by Gasteiger charge is -2.32. The molecule has 24 heavy (non-hydrogen) atoms. The zero-order valence-electron chi connectivity index (χ0n) is 14.7. The van der Waals surface area contributed by atoms with Crippen LogP contribution in [0, 0.1) is 0 Å². The molecule has 1 aliphatic rings. The standard InChI is InChI=1S/C19H24BNO3/c1-18(2)19(3,4)24-20(23-18)14(12-21)11-16-15-8-6-5-7-13(15)9-10-17(16)22/h5-11,22H,12,21H2,1-4H3. The maximum absolute atomic E-state index is 10.3. The maximum atomic E-state index is 10.3. The van der Waals surface area contributed by atoms with Gasteiger partial charge in [0.2, 0.25) is 0 Å². The van der Waals surface area contributed by atoms with Crippen molar-refractivity contribution in [1.82, 2.24) is 0 Å². The molecule has 2 aromatic rings. The first-order valence-electron chi connectivity index (χ1n) is 8.22. The third kappa shape index (κ3) is 2.84. The van der Waals surface area contributed by atoms with Crippen LogP contribution in [-0.4, -0.2) is 30.0 Å². The van der Waals surface area contributed by atoms with Crippen molar-refractivity contribution in [3.05, 3.63) is 47.4 Å². The van der Waals surface area contributed by atoms with E-state index in [1.54, 1.807) is 6.07 Å². The normalized spacial score (nSPS) is 19.9. The van der Waals surface area contributed by atoms with Crippen LogP contribution in [0.15, 0.2) is 41.9 Å². The summed E-state index contributed by atoms with van der Waals surface area (Å²) >= 11 is 0. The molecule has 0 bridgehead atoms. The SMILES string of the molecule is CC1(C)OB(C(=Cc2c(O)ccc3ccccc23)CN)OC1(C)C. The molecule has 0 unspecified atom stereocenters. The zero-order valence-corrected chi connectivity index (χ0v) is 14.7. The lowest BCUT2D eigenvalue weighted by molar-refractivity contribution is 0.00578. The minimum atomic E-state index is -0.515. The van der Waals surface area contributed by atoms with Crippen molar-refractivity contribution in [2.24, 2.45) is 5.73 Å². The van der Waals surface area contributed by atoms with Crippen LogP contribution in [0.5, 0.6) is 5.75 Å². The smallest absolute Gasteiger partial charge is 0.491 e. The zero-order chi connectivity index (χ0) is 17.5. The summed E-state index contributed by atoms with van der Waals surface area (Å²) in [7, 11) is -0.515. The van der Waals surface area contributed by atoms with Gasteiger partial charge in [0, 0.05) is 12.1 Å². The Morgan fingerprint density at radius 2 is 1.71 bits per heavy atom. The van der Waals surface area contributed by atoms with Crippen LogP contribution in [0.3, 0.4) is 0 Å². The molecule has 5 heteroatoms. The molecule has 0 atom stereocenters. The Morgan fingerprint density at radius 1 is 1.08 bits per heavy atom. The van der Waals surface area contributed by atoms with E-state index in [1.165, 1.54) is 0 Å². The first kappa shape index (κ1) is 17.0. The van der Waals surface area contributed by atoms with E-state index in [9.17, 15) is 5.11 Å². The summed E-state index contributed by atoms with van der Waals surface area (Å²) in [5.74, 6) is 0.219. The first-order valence-corrected chi connectivity index (χ1v) is 8.22. The van der Waals surface area contributed by atoms with Gasteiger partial charge in [0.05, 0.1) is 11.2 Å². The molecule has 126 valence electrons. The summed E-state index contributed by atoms with van der Waals surface area (Å²) in [6.07, 6.45) is 1.89. The van der Waals surface area contributed by atoms with Gasteiger partial charge in [0.25, 0.3) is 0 Å². The van der Waals surface area contributed by atoms with Crippen molar-refractivity contribution in [2.75, 3.05) is 6.54 Å². The van der Waals surface area contributed by atoms with Crippen LogP contribution in [0.4, 0.5) is 0 Å². The maximum Gasteiger partial charge on any atom is 0.491 e. The molecule has 1 saturated heterocycles. The second kappa shape index (κ2) is 5.92. The highest BCUT2D eigenvalue weighted by Crippen LogP contribution is 2.39. The molecule has 0 aliphatic carbocycles. The quantitative estimate of drug-likeness (QED) is 0.848. The molecule has 1 fully saturated rings. The molecule has 2 aromatic carbocycles. The van der Waals surface area contributed by atoms with Gasteiger partial charge in [0.15, 0.2) is 0 Å². The van der Waals surface area contributed by atoms with Gasteiger partial charge in [-0.3, -0.25) is 0 Å². The highest BCUT2D eigenvalue weighted by atomic mass is 16.7. The molecule has 3 rings (SSSR count). The topological polar surface area (TPSA) is 64.7 Å². The number of nitrogens with two attached hydrogens (primary N) is 1. The van der Waals surface area contributed by atoms with E-state index in [0.29, 0.717) is 6.54 Å². The van der Waals surface area contributed by atoms with E-state index in [0.717, 1.165) is 21.8 Å². The largest absolute Gasteiger partial charge is 0.507 e. The molecule has 1 aliphatic heterocycles. The van der Waals surface area contributed by atoms with Crippen LogP contribution in [0.1, 0.15) is 33.3 Å². The molecular formula is C19H24BNO3. The van der Waals surface area contributed by atoms with E-state index < -0.39 is 18.3 Å². The van der Waals surface area contributed by atoms with Crippen molar-refractivity contribution in [1.29, 1.82) is 0 Å². The second-order valence-electron chi connectivity index (χ2n) is 7.23. The molecule has 0 amide bonds. The van der Waals surface area contributed by atoms with Crippen LogP contribution in [0.25, 0.3) is 16.8 Å². The Kier molecular flexibility index (Phi) is 4.20. The van der Waals surface area contributed by atoms with Crippen molar-refractivity contribution in [2.45, 2.75) is 38.9 Å². The monoisotopic (exact) mass is 325 g/mol. The van der Waals surface area contributed by atoms with E-state index in [-0.39, 0.29) is 5.75 Å². The number of rotatable bonds is 3. The average Bonchev–Trinajstić information content (AvgIpc) is 2.74. The highest BCUT2D eigenvalue weighted by molar-refractivity contribution is 6.56. The van der Waals surface area contributed by atoms with E-state index in [2.05, 4.69) is 0 Å². The first-order chi connectivity index (χ1) is 11.2. The minimum Gasteiger partial charge on any atom is -0.507 e. The molecule has 0 aromatic heterocycles. The number of hydrogen-bond acceptors (Lipinski definition) is 4. The third-order valence-corrected chi connectivity index (χ3v) is 5.07. The molecule has 4 nitrogen and oxygen atoms in total. The van der Waals surface area contributed by atoms with Crippen LogP contribution < -0.4 is 5.73 Å². The van der Waals surface area contributed by atoms with Gasteiger partial charge in [-0.25, -0.2) is 0 Å². The lowest BCUT2D eigenvalue weighted by atomic mass is 9.76. The summed E-state index contributed by atoms with van der Waals surface area (Å²) in [5.41, 5.74) is 6.66. The number of aromatic hydroxyl groups is 1. The Hall–Kier alpha value is -1.82. The number of phenolic OH excluding ortho intramolecular Hbond substituents is 1. The third-order valence-electron chi connectivity index (χ3n) is 5.07. The Balaban J connectivity index is 2.06. The van der Waals surface area contributed by atoms with E-state index in [1.807, 2.05) is 64.1 Å². The number of fused-ring (bicyclic) bond motifs is 1. The van der Waals surface area contributed by atoms with Crippen molar-refractivity contribution < 1.29 is 14.4 Å². The van der Waals surface area contributed by atoms with Gasteiger partial charge >= 0.3 is 7.12 Å². The fraction of sp³-hybridized carbons (Fsp3) is 0.368. The summed E-state index contributed by atoms with van der Waals surface area (Å²) < 4.78 is 12.2. The van der Waals surface area contributed by atoms with Gasteiger partial charge in [-0.2, -0.15) is 0 Å². The number of benzene rings is 2. The molecular weight excluding hydrogens is 301 g/mol. The highest BCUT2D eigenvalue weighted by Gasteiger charge is 2.52. The fourth-order valence-electron chi connectivity index (χ4n) is 2.84. The van der Waals surface area contributed by atoms with Crippen LogP contribution in [-0.2, 0) is 9.31 Å². The average molecular weight is 325 g/mol. The molecule has 0 spiro atoms. The van der Waals surface area contributed by atoms with Gasteiger partial charge in [0.1, 0.15) is 5.75 Å². The summed E-state index contributed by atoms with van der Waals surface area (Å²) in [4.78, 5) is 0. The molecule has 0 saturated carbocycles. The predicted octanol–water partition coefficient (Wildman–Crippen LogP) is 3.52. The van der Waals surface area contributed by atoms with Gasteiger partial charge in [-0.15, -0.1) is 0 Å². The van der Waals surface area contributed by atoms with Crippen LogP contribution in [0.2, 0.25) is 0 Å². The van der Waals surface area contributed by atoms with Gasteiger partial charge in [-0.05, 0) is 50.0 Å². The lowest BCUT2D eigenvalue weighted by Crippen LogP contribution is -2.41. The van der Waals surface area contributed by atoms with Crippen LogP contribution >= 0.6 is 0 Å². The van der Waals surface area contributed by atoms with Gasteiger partial charge < -0.3 is 20.1 Å². The molecule has 1 heterocycles. The Bertz CT molecular complexity index is 782. The molecule has 0 radical (unpaired) electrons. The Labute approximate surface area is 143 Å². The second-order valence-corrected chi connectivity index (χ2v) is 7.23. The number of hydrogen-bond donors (Lipinski definition) is 2. The molecule has 3 N–H and O–H groups in total. The number of phenols is 1. The fourth-order valence-corrected chi connectivity index (χ4v) is 2.84. The van der Waals surface area contributed by atoms with Crippen molar-refractivity contribution in [3.63, 3.8) is 0 Å². The summed E-state index contributed by atoms with van der Waals surface area (Å²) in [5, 5.41) is 12.4. The summed E-state index contributed by atoms with van der Waals surface area (Å²) in [6, 6.07) is 11.5. The van der Waals surface area contributed by atoms with E-state index >= 15 is 0 Å². The van der Waals surface area contributed by atoms with Crippen molar-refractivity contribution >= 4 is 24.0 Å². The minimum absolute atomic E-state index is 0.219. The van der Waals surface area contributed by atoms with E-state index in [4.69, 9.17) is 15.0 Å². The van der Waals surface area contributed by atoms with Crippen molar-refractivity contribution in [3.8, 4) is 5.75 Å². The predicted molar refractivity (Wildman–Crippen MR) is 98.7 cm³/mol. The van der Waals surface area contributed by atoms with Gasteiger partial charge in [-0.1, -0.05) is 36.4 Å². The summed E-state index contributed by atoms with van der Waals surface area (Å²) in [6.45, 7) is 8.33. The Morgan fingerprint density at radius 3 is 2.33 bits per heavy atom.